The minimum absolute atomic E-state index is 0.0277. The number of benzene rings is 2. The van der Waals surface area contributed by atoms with E-state index in [4.69, 9.17) is 15.2 Å². The number of rotatable bonds is 5. The van der Waals surface area contributed by atoms with Crippen molar-refractivity contribution in [2.24, 2.45) is 0 Å². The number of fused-ring (bicyclic) bond motifs is 1. The number of ether oxygens (including phenoxy) is 2. The minimum atomic E-state index is -0.528. The number of hydrogen-bond donors (Lipinski definition) is 3. The Morgan fingerprint density at radius 3 is 2.77 bits per heavy atom. The van der Waals surface area contributed by atoms with Crippen molar-refractivity contribution in [2.75, 3.05) is 18.2 Å². The molecule has 9 heteroatoms. The predicted octanol–water partition coefficient (Wildman–Crippen LogP) is 2.55. The standard InChI is InChI=1S/C21H19FN4O4/c1-29-16-8-11(6-7-15(16)30-10-12-4-2-3-5-14(12)22)13-9-17(27)24-19-18(13)20(28)26-21(23)25-19/h2-8,13H,9-10H2,1H3,(H4,23,24,25,26,27,28)/t13-/m0/s1. The quantitative estimate of drug-likeness (QED) is 0.595. The lowest BCUT2D eigenvalue weighted by Crippen LogP contribution is -2.31. The highest BCUT2D eigenvalue weighted by atomic mass is 19.1. The normalized spacial score (nSPS) is 15.3. The van der Waals surface area contributed by atoms with Crippen molar-refractivity contribution in [2.45, 2.75) is 18.9 Å². The minimum Gasteiger partial charge on any atom is -0.493 e. The van der Waals surface area contributed by atoms with Crippen LogP contribution in [0.4, 0.5) is 16.2 Å². The van der Waals surface area contributed by atoms with Gasteiger partial charge in [0.2, 0.25) is 11.9 Å². The molecule has 1 aliphatic rings. The summed E-state index contributed by atoms with van der Waals surface area (Å²) in [5.41, 5.74) is 6.59. The fourth-order valence-corrected chi connectivity index (χ4v) is 3.46. The predicted molar refractivity (Wildman–Crippen MR) is 108 cm³/mol. The van der Waals surface area contributed by atoms with Gasteiger partial charge in [0, 0.05) is 17.9 Å². The van der Waals surface area contributed by atoms with Gasteiger partial charge in [-0.15, -0.1) is 0 Å². The topological polar surface area (TPSA) is 119 Å². The summed E-state index contributed by atoms with van der Waals surface area (Å²) in [4.78, 5) is 31.1. The summed E-state index contributed by atoms with van der Waals surface area (Å²) in [6.07, 6.45) is 0.0697. The molecule has 154 valence electrons. The average molecular weight is 410 g/mol. The SMILES string of the molecule is COc1cc([C@@H]2CC(=O)Nc3nc(N)[nH]c(=O)c32)ccc1OCc1ccccc1F. The molecule has 4 N–H and O–H groups in total. The molecule has 8 nitrogen and oxygen atoms in total. The zero-order chi connectivity index (χ0) is 21.3. The van der Waals surface area contributed by atoms with Gasteiger partial charge in [0.05, 0.1) is 12.7 Å². The summed E-state index contributed by atoms with van der Waals surface area (Å²) in [5, 5.41) is 2.58. The monoisotopic (exact) mass is 410 g/mol. The molecule has 0 radical (unpaired) electrons. The summed E-state index contributed by atoms with van der Waals surface area (Å²) in [6.45, 7) is 0.0277. The summed E-state index contributed by atoms with van der Waals surface area (Å²) < 4.78 is 25.0. The van der Waals surface area contributed by atoms with E-state index in [2.05, 4.69) is 15.3 Å². The number of nitrogens with one attached hydrogen (secondary N) is 2. The Labute approximate surface area is 170 Å². The Kier molecular flexibility index (Phi) is 5.09. The number of carbonyl (C=O) groups excluding carboxylic acids is 1. The van der Waals surface area contributed by atoms with E-state index in [0.717, 1.165) is 0 Å². The van der Waals surface area contributed by atoms with Gasteiger partial charge in [-0.3, -0.25) is 14.6 Å². The average Bonchev–Trinajstić information content (AvgIpc) is 2.72. The number of H-pyrrole nitrogens is 1. The Morgan fingerprint density at radius 1 is 1.20 bits per heavy atom. The third-order valence-electron chi connectivity index (χ3n) is 4.90. The molecule has 1 amide bonds. The number of nitrogen functional groups attached to an aromatic ring is 1. The molecule has 0 aliphatic carbocycles. The lowest BCUT2D eigenvalue weighted by Gasteiger charge is -2.25. The maximum Gasteiger partial charge on any atom is 0.258 e. The zero-order valence-corrected chi connectivity index (χ0v) is 16.1. The first-order chi connectivity index (χ1) is 14.5. The van der Waals surface area contributed by atoms with E-state index < -0.39 is 11.5 Å². The van der Waals surface area contributed by atoms with Gasteiger partial charge in [0.15, 0.2) is 11.5 Å². The van der Waals surface area contributed by atoms with Gasteiger partial charge in [0.25, 0.3) is 5.56 Å². The highest BCUT2D eigenvalue weighted by molar-refractivity contribution is 5.94. The number of nitrogens with zero attached hydrogens (tertiary/aromatic N) is 1. The van der Waals surface area contributed by atoms with Gasteiger partial charge in [-0.2, -0.15) is 4.98 Å². The van der Waals surface area contributed by atoms with Crippen LogP contribution in [0.1, 0.15) is 29.0 Å². The maximum absolute atomic E-state index is 13.8. The molecule has 0 saturated heterocycles. The van der Waals surface area contributed by atoms with Crippen LogP contribution in [0.5, 0.6) is 11.5 Å². The van der Waals surface area contributed by atoms with Crippen LogP contribution in [0.2, 0.25) is 0 Å². The van der Waals surface area contributed by atoms with E-state index in [-0.39, 0.29) is 36.5 Å². The van der Waals surface area contributed by atoms with E-state index in [9.17, 15) is 14.0 Å². The van der Waals surface area contributed by atoms with Gasteiger partial charge in [-0.05, 0) is 23.8 Å². The van der Waals surface area contributed by atoms with Crippen LogP contribution in [0, 0.1) is 5.82 Å². The number of carbonyl (C=O) groups is 1. The van der Waals surface area contributed by atoms with Crippen molar-refractivity contribution in [1.82, 2.24) is 9.97 Å². The number of halogens is 1. The Morgan fingerprint density at radius 2 is 2.00 bits per heavy atom. The maximum atomic E-state index is 13.8. The number of nitrogens with two attached hydrogens (primary N) is 1. The van der Waals surface area contributed by atoms with Gasteiger partial charge in [0.1, 0.15) is 18.2 Å². The Hall–Kier alpha value is -3.88. The van der Waals surface area contributed by atoms with Crippen molar-refractivity contribution in [1.29, 1.82) is 0 Å². The third kappa shape index (κ3) is 3.69. The second-order valence-electron chi connectivity index (χ2n) is 6.81. The Balaban J connectivity index is 1.66. The first-order valence-electron chi connectivity index (χ1n) is 9.20. The first kappa shape index (κ1) is 19.4. The molecular weight excluding hydrogens is 391 g/mol. The smallest absolute Gasteiger partial charge is 0.258 e. The summed E-state index contributed by atoms with van der Waals surface area (Å²) in [5.74, 6) is -0.274. The van der Waals surface area contributed by atoms with Crippen LogP contribution in [0.3, 0.4) is 0 Å². The Bertz CT molecular complexity index is 1180. The second kappa shape index (κ2) is 7.86. The van der Waals surface area contributed by atoms with Crippen LogP contribution in [-0.2, 0) is 11.4 Å². The van der Waals surface area contributed by atoms with Crippen LogP contribution in [0.25, 0.3) is 0 Å². The van der Waals surface area contributed by atoms with E-state index in [1.54, 1.807) is 36.4 Å². The molecule has 0 unspecified atom stereocenters. The molecule has 0 fully saturated rings. The molecule has 2 heterocycles. The lowest BCUT2D eigenvalue weighted by molar-refractivity contribution is -0.116. The fourth-order valence-electron chi connectivity index (χ4n) is 3.46. The molecule has 4 rings (SSSR count). The number of anilines is 2. The summed E-state index contributed by atoms with van der Waals surface area (Å²) in [6, 6.07) is 11.4. The summed E-state index contributed by atoms with van der Waals surface area (Å²) in [7, 11) is 1.48. The lowest BCUT2D eigenvalue weighted by atomic mass is 9.86. The van der Waals surface area contributed by atoms with Crippen LogP contribution in [0.15, 0.2) is 47.3 Å². The second-order valence-corrected chi connectivity index (χ2v) is 6.81. The molecular formula is C21H19FN4O4. The third-order valence-corrected chi connectivity index (χ3v) is 4.90. The molecule has 0 spiro atoms. The summed E-state index contributed by atoms with van der Waals surface area (Å²) >= 11 is 0. The van der Waals surface area contributed by atoms with Crippen LogP contribution >= 0.6 is 0 Å². The fraction of sp³-hybridized carbons (Fsp3) is 0.190. The van der Waals surface area contributed by atoms with Crippen molar-refractivity contribution < 1.29 is 18.7 Å². The van der Waals surface area contributed by atoms with E-state index >= 15 is 0 Å². The van der Waals surface area contributed by atoms with Crippen molar-refractivity contribution in [3.8, 4) is 11.5 Å². The number of amides is 1. The molecule has 2 aromatic carbocycles. The van der Waals surface area contributed by atoms with E-state index in [0.29, 0.717) is 28.2 Å². The molecule has 1 aromatic heterocycles. The largest absolute Gasteiger partial charge is 0.493 e. The number of aromatic amines is 1. The zero-order valence-electron chi connectivity index (χ0n) is 16.1. The molecule has 1 aliphatic heterocycles. The molecule has 0 saturated carbocycles. The highest BCUT2D eigenvalue weighted by Gasteiger charge is 2.31. The van der Waals surface area contributed by atoms with E-state index in [1.165, 1.54) is 13.2 Å². The van der Waals surface area contributed by atoms with Crippen molar-refractivity contribution >= 4 is 17.7 Å². The van der Waals surface area contributed by atoms with E-state index in [1.807, 2.05) is 0 Å². The van der Waals surface area contributed by atoms with Crippen molar-refractivity contribution in [3.63, 3.8) is 0 Å². The number of hydrogen-bond acceptors (Lipinski definition) is 6. The molecule has 3 aromatic rings. The van der Waals surface area contributed by atoms with Crippen molar-refractivity contribution in [3.05, 3.63) is 75.3 Å². The van der Waals surface area contributed by atoms with Crippen LogP contribution < -0.4 is 26.1 Å². The van der Waals surface area contributed by atoms with Gasteiger partial charge in [-0.25, -0.2) is 4.39 Å². The highest BCUT2D eigenvalue weighted by Crippen LogP contribution is 2.38. The van der Waals surface area contributed by atoms with Gasteiger partial charge >= 0.3 is 0 Å². The number of aromatic nitrogens is 2. The first-order valence-corrected chi connectivity index (χ1v) is 9.20. The molecule has 1 atom stereocenters. The number of methoxy groups -OCH3 is 1. The molecule has 30 heavy (non-hydrogen) atoms. The van der Waals surface area contributed by atoms with Gasteiger partial charge in [-0.1, -0.05) is 24.3 Å². The molecule has 0 bridgehead atoms. The van der Waals surface area contributed by atoms with Gasteiger partial charge < -0.3 is 20.5 Å². The van der Waals surface area contributed by atoms with Crippen LogP contribution in [-0.4, -0.2) is 23.0 Å².